The predicted octanol–water partition coefficient (Wildman–Crippen LogP) is 4.46. The van der Waals surface area contributed by atoms with Crippen molar-refractivity contribution >= 4 is 23.7 Å². The van der Waals surface area contributed by atoms with E-state index in [4.69, 9.17) is 22.2 Å². The van der Waals surface area contributed by atoms with E-state index in [-0.39, 0.29) is 12.2 Å². The molecule has 8 heteroatoms. The van der Waals surface area contributed by atoms with Gasteiger partial charge in [0.2, 0.25) is 6.41 Å². The summed E-state index contributed by atoms with van der Waals surface area (Å²) in [4.78, 5) is 9.31. The van der Waals surface area contributed by atoms with Crippen LogP contribution in [0.2, 0.25) is 5.02 Å². The number of halogens is 3. The van der Waals surface area contributed by atoms with E-state index in [2.05, 4.69) is 5.32 Å². The van der Waals surface area contributed by atoms with Crippen molar-refractivity contribution in [1.82, 2.24) is 5.01 Å². The van der Waals surface area contributed by atoms with E-state index in [0.717, 1.165) is 16.1 Å². The fraction of sp³-hybridized carbons (Fsp3) is 0.316. The highest BCUT2D eigenvalue weighted by atomic mass is 35.5. The van der Waals surface area contributed by atoms with Crippen LogP contribution in [0.15, 0.2) is 30.3 Å². The lowest BCUT2D eigenvalue weighted by atomic mass is 10.1. The van der Waals surface area contributed by atoms with E-state index in [0.29, 0.717) is 28.4 Å². The molecule has 2 aromatic carbocycles. The summed E-state index contributed by atoms with van der Waals surface area (Å²) in [5.74, 6) is 5.25. The first-order valence-corrected chi connectivity index (χ1v) is 8.49. The Morgan fingerprint density at radius 2 is 1.89 bits per heavy atom. The van der Waals surface area contributed by atoms with Crippen molar-refractivity contribution in [2.75, 3.05) is 19.4 Å². The Morgan fingerprint density at radius 3 is 2.41 bits per heavy atom. The van der Waals surface area contributed by atoms with E-state index < -0.39 is 6.43 Å². The number of nitrogens with zero attached hydrogens (tertiary/aromatic N) is 1. The van der Waals surface area contributed by atoms with Crippen LogP contribution in [-0.4, -0.2) is 25.5 Å². The molecule has 3 N–H and O–H groups in total. The zero-order valence-electron chi connectivity index (χ0n) is 15.7. The van der Waals surface area contributed by atoms with Crippen LogP contribution >= 0.6 is 11.6 Å². The molecular weight excluding hydrogens is 376 g/mol. The number of ether oxygens (including phenoxy) is 1. The number of hydrogen-bond acceptors (Lipinski definition) is 4. The molecule has 0 spiro atoms. The van der Waals surface area contributed by atoms with Gasteiger partial charge in [0, 0.05) is 30.9 Å². The molecule has 0 fully saturated rings. The minimum absolute atomic E-state index is 0.0267. The molecular formula is C19H24ClF2N3O2. The van der Waals surface area contributed by atoms with Gasteiger partial charge < -0.3 is 10.1 Å². The Bertz CT molecular complexity index is 771. The van der Waals surface area contributed by atoms with Crippen molar-refractivity contribution in [3.63, 3.8) is 0 Å². The summed E-state index contributed by atoms with van der Waals surface area (Å²) in [6, 6.07) is 8.38. The van der Waals surface area contributed by atoms with Crippen LogP contribution in [-0.2, 0) is 11.4 Å². The smallest absolute Gasteiger partial charge is 0.264 e. The third-order valence-electron chi connectivity index (χ3n) is 3.80. The first kappa shape index (κ1) is 22.7. The fourth-order valence-electron chi connectivity index (χ4n) is 2.22. The molecule has 27 heavy (non-hydrogen) atoms. The number of benzene rings is 2. The second kappa shape index (κ2) is 10.7. The molecule has 0 saturated carbocycles. The number of carbonyl (C=O) groups is 1. The molecule has 2 rings (SSSR count). The van der Waals surface area contributed by atoms with Gasteiger partial charge in [0.25, 0.3) is 6.43 Å². The number of anilines is 1. The minimum atomic E-state index is -2.55. The molecule has 148 valence electrons. The highest BCUT2D eigenvalue weighted by Crippen LogP contribution is 2.32. The maximum Gasteiger partial charge on any atom is 0.264 e. The molecule has 0 aromatic heterocycles. The Balaban J connectivity index is 0.000000646. The van der Waals surface area contributed by atoms with Gasteiger partial charge in [-0.1, -0.05) is 23.7 Å². The summed E-state index contributed by atoms with van der Waals surface area (Å²) in [7, 11) is 3.16. The van der Waals surface area contributed by atoms with Crippen molar-refractivity contribution < 1.29 is 18.3 Å². The summed E-state index contributed by atoms with van der Waals surface area (Å²) in [5, 5.41) is 4.34. The van der Waals surface area contributed by atoms with Crippen molar-refractivity contribution in [1.29, 1.82) is 0 Å². The number of nitrogens with two attached hydrogens (primary N) is 1. The van der Waals surface area contributed by atoms with Crippen molar-refractivity contribution in [2.24, 2.45) is 5.84 Å². The number of amides is 1. The number of carbonyl (C=O) groups excluding carboxylic acids is 1. The first-order chi connectivity index (χ1) is 12.7. The largest absolute Gasteiger partial charge is 0.487 e. The molecule has 0 radical (unpaired) electrons. The first-order valence-electron chi connectivity index (χ1n) is 8.11. The van der Waals surface area contributed by atoms with Crippen LogP contribution in [0.1, 0.15) is 28.7 Å². The summed E-state index contributed by atoms with van der Waals surface area (Å²) in [6.45, 7) is 3.93. The fourth-order valence-corrected chi connectivity index (χ4v) is 2.49. The quantitative estimate of drug-likeness (QED) is 0.325. The predicted molar refractivity (Wildman–Crippen MR) is 104 cm³/mol. The molecule has 0 heterocycles. The molecule has 0 atom stereocenters. The Labute approximate surface area is 163 Å². The highest BCUT2D eigenvalue weighted by Gasteiger charge is 2.17. The molecule has 0 unspecified atom stereocenters. The van der Waals surface area contributed by atoms with E-state index in [1.165, 1.54) is 13.1 Å². The molecule has 0 aliphatic heterocycles. The third kappa shape index (κ3) is 6.69. The summed E-state index contributed by atoms with van der Waals surface area (Å²) in [6.07, 6.45) is -2.03. The van der Waals surface area contributed by atoms with Gasteiger partial charge in [-0.25, -0.2) is 14.6 Å². The van der Waals surface area contributed by atoms with Gasteiger partial charge in [-0.3, -0.25) is 9.80 Å². The Hall–Kier alpha value is -2.38. The normalized spacial score (nSPS) is 10.1. The molecule has 2 aromatic rings. The molecule has 1 amide bonds. The molecule has 0 saturated heterocycles. The molecule has 5 nitrogen and oxygen atoms in total. The number of nitrogens with one attached hydrogen (secondary N) is 1. The number of hydrogen-bond donors (Lipinski definition) is 2. The van der Waals surface area contributed by atoms with Crippen molar-refractivity contribution in [3.05, 3.63) is 57.6 Å². The Morgan fingerprint density at radius 1 is 1.30 bits per heavy atom. The number of alkyl halides is 2. The standard InChI is InChI=1S/C17H18ClF2NO.C2H6N2O/c1-10-7-14(18)16(8-11(10)2)22-9-13-12(17(19)20)5-4-6-15(13)21-3;1-4(3)2-5/h4-8,17,21H,9H2,1-3H3;2H,3H2,1H3. The van der Waals surface area contributed by atoms with E-state index in [1.807, 2.05) is 26.0 Å². The van der Waals surface area contributed by atoms with Crippen LogP contribution in [0.25, 0.3) is 0 Å². The lowest BCUT2D eigenvalue weighted by Crippen LogP contribution is -2.23. The average Bonchev–Trinajstić information content (AvgIpc) is 2.63. The maximum absolute atomic E-state index is 13.2. The number of rotatable bonds is 6. The average molecular weight is 400 g/mol. The van der Waals surface area contributed by atoms with Crippen LogP contribution in [0, 0.1) is 13.8 Å². The zero-order chi connectivity index (χ0) is 20.6. The second-order valence-electron chi connectivity index (χ2n) is 5.85. The Kier molecular flexibility index (Phi) is 8.97. The van der Waals surface area contributed by atoms with Crippen molar-refractivity contribution in [2.45, 2.75) is 26.9 Å². The zero-order valence-corrected chi connectivity index (χ0v) is 16.5. The van der Waals surface area contributed by atoms with Crippen molar-refractivity contribution in [3.8, 4) is 5.75 Å². The monoisotopic (exact) mass is 399 g/mol. The van der Waals surface area contributed by atoms with Gasteiger partial charge in [0.05, 0.1) is 5.02 Å². The van der Waals surface area contributed by atoms with Gasteiger partial charge in [0.15, 0.2) is 0 Å². The number of aryl methyl sites for hydroxylation is 2. The summed E-state index contributed by atoms with van der Waals surface area (Å²) >= 11 is 6.15. The van der Waals surface area contributed by atoms with E-state index in [9.17, 15) is 13.6 Å². The molecule has 0 bridgehead atoms. The van der Waals surface area contributed by atoms with Crippen LogP contribution in [0.5, 0.6) is 5.75 Å². The van der Waals surface area contributed by atoms with Crippen LogP contribution in [0.4, 0.5) is 14.5 Å². The minimum Gasteiger partial charge on any atom is -0.487 e. The maximum atomic E-state index is 13.2. The lowest BCUT2D eigenvalue weighted by molar-refractivity contribution is -0.117. The van der Waals surface area contributed by atoms with Gasteiger partial charge in [0.1, 0.15) is 12.4 Å². The summed E-state index contributed by atoms with van der Waals surface area (Å²) in [5.41, 5.74) is 3.12. The number of hydrazine groups is 1. The van der Waals surface area contributed by atoms with E-state index in [1.54, 1.807) is 19.2 Å². The third-order valence-corrected chi connectivity index (χ3v) is 4.10. The van der Waals surface area contributed by atoms with Crippen LogP contribution in [0.3, 0.4) is 0 Å². The highest BCUT2D eigenvalue weighted by molar-refractivity contribution is 6.32. The SMILES string of the molecule is CN(N)C=O.CNc1cccc(C(F)F)c1COc1cc(C)c(C)cc1Cl. The van der Waals surface area contributed by atoms with Gasteiger partial charge in [-0.05, 0) is 43.2 Å². The van der Waals surface area contributed by atoms with Gasteiger partial charge in [-0.2, -0.15) is 0 Å². The van der Waals surface area contributed by atoms with Gasteiger partial charge in [-0.15, -0.1) is 0 Å². The second-order valence-corrected chi connectivity index (χ2v) is 6.26. The van der Waals surface area contributed by atoms with Crippen LogP contribution < -0.4 is 15.9 Å². The summed E-state index contributed by atoms with van der Waals surface area (Å²) < 4.78 is 32.0. The topological polar surface area (TPSA) is 67.6 Å². The van der Waals surface area contributed by atoms with E-state index >= 15 is 0 Å². The molecule has 0 aliphatic rings. The lowest BCUT2D eigenvalue weighted by Gasteiger charge is -2.16. The molecule has 0 aliphatic carbocycles. The van der Waals surface area contributed by atoms with Gasteiger partial charge >= 0.3 is 0 Å².